The molecule has 37 heavy (non-hydrogen) atoms. The predicted molar refractivity (Wildman–Crippen MR) is 147 cm³/mol. The standard InChI is InChI=1S/C30H31FN4OS/c1-33(2)23-15-11-21(12-16-23)28-26-7-5-17-34(26)29-25(24-6-3-4-8-27(24)37-29)19-35(28)30(36)32-18-20-9-13-22(31)14-10-20/h5,7,9-17,28H,3-4,6,8,18-19H2,1-2H3,(H,32,36)/t28-/m0/s1. The maximum atomic E-state index is 13.9. The Bertz CT molecular complexity index is 1420. The highest BCUT2D eigenvalue weighted by Gasteiger charge is 2.36. The molecule has 1 N–H and O–H groups in total. The van der Waals surface area contributed by atoms with Gasteiger partial charge in [-0.25, -0.2) is 9.18 Å². The van der Waals surface area contributed by atoms with Gasteiger partial charge in [0, 0.05) is 43.0 Å². The molecule has 5 nitrogen and oxygen atoms in total. The first-order valence-corrected chi connectivity index (χ1v) is 13.7. The van der Waals surface area contributed by atoms with Gasteiger partial charge in [0.25, 0.3) is 0 Å². The van der Waals surface area contributed by atoms with Crippen molar-refractivity contribution >= 4 is 23.1 Å². The van der Waals surface area contributed by atoms with Crippen LogP contribution < -0.4 is 10.2 Å². The summed E-state index contributed by atoms with van der Waals surface area (Å²) in [5.41, 5.74) is 6.87. The molecule has 2 aromatic carbocycles. The van der Waals surface area contributed by atoms with Crippen LogP contribution in [0.5, 0.6) is 0 Å². The van der Waals surface area contributed by atoms with E-state index in [0.29, 0.717) is 13.1 Å². The molecule has 0 spiro atoms. The number of thiophene rings is 1. The molecule has 0 saturated carbocycles. The van der Waals surface area contributed by atoms with Gasteiger partial charge in [-0.2, -0.15) is 0 Å². The molecule has 6 rings (SSSR count). The third-order valence-electron chi connectivity index (χ3n) is 7.52. The summed E-state index contributed by atoms with van der Waals surface area (Å²) in [5, 5.41) is 4.37. The van der Waals surface area contributed by atoms with Crippen LogP contribution in [0.1, 0.15) is 51.7 Å². The number of carbonyl (C=O) groups excluding carboxylic acids is 1. The van der Waals surface area contributed by atoms with Crippen LogP contribution in [0.15, 0.2) is 66.9 Å². The number of aryl methyl sites for hydroxylation is 1. The van der Waals surface area contributed by atoms with E-state index in [2.05, 4.69) is 57.4 Å². The van der Waals surface area contributed by atoms with Gasteiger partial charge in [-0.3, -0.25) is 0 Å². The normalized spacial score (nSPS) is 16.4. The molecule has 1 atom stereocenters. The lowest BCUT2D eigenvalue weighted by Crippen LogP contribution is -2.41. The fourth-order valence-corrected chi connectivity index (χ4v) is 6.98. The van der Waals surface area contributed by atoms with E-state index in [4.69, 9.17) is 0 Å². The quantitative estimate of drug-likeness (QED) is 0.341. The molecule has 0 saturated heterocycles. The van der Waals surface area contributed by atoms with E-state index in [-0.39, 0.29) is 17.9 Å². The number of anilines is 1. The second-order valence-electron chi connectivity index (χ2n) is 10.1. The third kappa shape index (κ3) is 4.42. The molecule has 4 aromatic rings. The second-order valence-corrected chi connectivity index (χ2v) is 11.2. The van der Waals surface area contributed by atoms with Crippen LogP contribution >= 0.6 is 11.3 Å². The molecule has 0 fully saturated rings. The van der Waals surface area contributed by atoms with E-state index >= 15 is 0 Å². The Kier molecular flexibility index (Phi) is 6.24. The molecule has 2 amide bonds. The largest absolute Gasteiger partial charge is 0.378 e. The Balaban J connectivity index is 1.42. The minimum atomic E-state index is -0.278. The molecule has 0 bridgehead atoms. The Morgan fingerprint density at radius 3 is 2.54 bits per heavy atom. The van der Waals surface area contributed by atoms with Crippen molar-refractivity contribution in [3.05, 3.63) is 106 Å². The number of amides is 2. The Hall–Kier alpha value is -3.58. The first-order chi connectivity index (χ1) is 18.0. The fourth-order valence-electron chi connectivity index (χ4n) is 5.57. The van der Waals surface area contributed by atoms with Gasteiger partial charge in [-0.15, -0.1) is 11.3 Å². The monoisotopic (exact) mass is 514 g/mol. The molecule has 7 heteroatoms. The first-order valence-electron chi connectivity index (χ1n) is 12.9. The van der Waals surface area contributed by atoms with Crippen LogP contribution in [-0.2, 0) is 25.9 Å². The zero-order chi connectivity index (χ0) is 25.5. The highest BCUT2D eigenvalue weighted by molar-refractivity contribution is 7.15. The van der Waals surface area contributed by atoms with Crippen molar-refractivity contribution in [1.29, 1.82) is 0 Å². The van der Waals surface area contributed by atoms with Gasteiger partial charge in [0.05, 0.1) is 18.3 Å². The van der Waals surface area contributed by atoms with Crippen LogP contribution in [0.4, 0.5) is 14.9 Å². The van der Waals surface area contributed by atoms with E-state index in [1.54, 1.807) is 12.1 Å². The number of aromatic nitrogens is 1. The highest BCUT2D eigenvalue weighted by Crippen LogP contribution is 2.44. The zero-order valence-electron chi connectivity index (χ0n) is 21.2. The number of nitrogens with zero attached hydrogens (tertiary/aromatic N) is 3. The number of fused-ring (bicyclic) bond motifs is 5. The molecular formula is C30H31FN4OS. The summed E-state index contributed by atoms with van der Waals surface area (Å²) in [4.78, 5) is 19.4. The van der Waals surface area contributed by atoms with Gasteiger partial charge in [0.1, 0.15) is 10.8 Å². The van der Waals surface area contributed by atoms with E-state index in [1.807, 2.05) is 30.3 Å². The van der Waals surface area contributed by atoms with E-state index in [0.717, 1.165) is 35.3 Å². The molecule has 1 aliphatic carbocycles. The van der Waals surface area contributed by atoms with Crippen molar-refractivity contribution in [1.82, 2.24) is 14.8 Å². The van der Waals surface area contributed by atoms with Gasteiger partial charge in [-0.05, 0) is 78.8 Å². The number of hydrogen-bond donors (Lipinski definition) is 1. The van der Waals surface area contributed by atoms with Gasteiger partial charge in [-0.1, -0.05) is 24.3 Å². The number of hydrogen-bond acceptors (Lipinski definition) is 3. The maximum Gasteiger partial charge on any atom is 0.318 e. The Morgan fingerprint density at radius 1 is 1.03 bits per heavy atom. The molecule has 1 aliphatic heterocycles. The number of rotatable bonds is 4. The van der Waals surface area contributed by atoms with Crippen molar-refractivity contribution in [2.24, 2.45) is 0 Å². The van der Waals surface area contributed by atoms with Gasteiger partial charge in [0.2, 0.25) is 0 Å². The van der Waals surface area contributed by atoms with Crippen molar-refractivity contribution in [2.45, 2.75) is 44.8 Å². The minimum absolute atomic E-state index is 0.123. The van der Waals surface area contributed by atoms with E-state index < -0.39 is 0 Å². The van der Waals surface area contributed by atoms with Gasteiger partial charge >= 0.3 is 6.03 Å². The van der Waals surface area contributed by atoms with Crippen LogP contribution in [0.3, 0.4) is 0 Å². The Morgan fingerprint density at radius 2 is 1.78 bits per heavy atom. The van der Waals surface area contributed by atoms with Crippen LogP contribution in [0.25, 0.3) is 5.00 Å². The summed E-state index contributed by atoms with van der Waals surface area (Å²) in [7, 11) is 4.06. The number of urea groups is 1. The lowest BCUT2D eigenvalue weighted by atomic mass is 9.95. The van der Waals surface area contributed by atoms with E-state index in [9.17, 15) is 9.18 Å². The number of carbonyl (C=O) groups is 1. The molecule has 3 heterocycles. The van der Waals surface area contributed by atoms with Crippen molar-refractivity contribution in [2.75, 3.05) is 19.0 Å². The number of nitrogens with one attached hydrogen (secondary N) is 1. The predicted octanol–water partition coefficient (Wildman–Crippen LogP) is 6.44. The molecule has 0 unspecified atom stereocenters. The van der Waals surface area contributed by atoms with Gasteiger partial charge < -0.3 is 19.7 Å². The van der Waals surface area contributed by atoms with E-state index in [1.165, 1.54) is 46.0 Å². The zero-order valence-corrected chi connectivity index (χ0v) is 22.0. The van der Waals surface area contributed by atoms with Crippen molar-refractivity contribution < 1.29 is 9.18 Å². The molecular weight excluding hydrogens is 483 g/mol. The van der Waals surface area contributed by atoms with Crippen molar-refractivity contribution in [3.8, 4) is 5.00 Å². The molecule has 2 aromatic heterocycles. The Labute approximate surface area is 221 Å². The first kappa shape index (κ1) is 23.8. The summed E-state index contributed by atoms with van der Waals surface area (Å²) < 4.78 is 15.7. The summed E-state index contributed by atoms with van der Waals surface area (Å²) in [6, 6.07) is 18.6. The van der Waals surface area contributed by atoms with Crippen LogP contribution in [0.2, 0.25) is 0 Å². The maximum absolute atomic E-state index is 13.9. The van der Waals surface area contributed by atoms with Gasteiger partial charge in [0.15, 0.2) is 0 Å². The lowest BCUT2D eigenvalue weighted by molar-refractivity contribution is 0.180. The molecule has 0 radical (unpaired) electrons. The topological polar surface area (TPSA) is 40.5 Å². The van der Waals surface area contributed by atoms with Crippen LogP contribution in [-0.4, -0.2) is 29.6 Å². The number of benzene rings is 2. The average molecular weight is 515 g/mol. The number of halogens is 1. The summed E-state index contributed by atoms with van der Waals surface area (Å²) in [6.45, 7) is 0.899. The third-order valence-corrected chi connectivity index (χ3v) is 8.86. The minimum Gasteiger partial charge on any atom is -0.378 e. The highest BCUT2D eigenvalue weighted by atomic mass is 32.1. The average Bonchev–Trinajstić information content (AvgIpc) is 3.50. The summed E-state index contributed by atoms with van der Waals surface area (Å²) in [5.74, 6) is -0.278. The fraction of sp³-hybridized carbons (Fsp3) is 0.300. The van der Waals surface area contributed by atoms with Crippen LogP contribution in [0, 0.1) is 5.82 Å². The summed E-state index contributed by atoms with van der Waals surface area (Å²) >= 11 is 1.89. The molecule has 190 valence electrons. The summed E-state index contributed by atoms with van der Waals surface area (Å²) in [6.07, 6.45) is 6.76. The second kappa shape index (κ2) is 9.71. The SMILES string of the molecule is CN(C)c1ccc([C@H]2c3cccn3-c3sc4c(c3CN2C(=O)NCc2ccc(F)cc2)CCCC4)cc1. The molecule has 2 aliphatic rings. The van der Waals surface area contributed by atoms with Crippen molar-refractivity contribution in [3.63, 3.8) is 0 Å². The smallest absolute Gasteiger partial charge is 0.318 e. The lowest BCUT2D eigenvalue weighted by Gasteiger charge is -2.31.